The van der Waals surface area contributed by atoms with Crippen LogP contribution in [0.2, 0.25) is 13.1 Å². The van der Waals surface area contributed by atoms with Gasteiger partial charge in [-0.3, -0.25) is 0 Å². The molecule has 0 saturated carbocycles. The Morgan fingerprint density at radius 1 is 0.400 bits per heavy atom. The molecule has 0 amide bonds. The third kappa shape index (κ3) is 8.67. The molecule has 0 N–H and O–H groups in total. The molecule has 305 valence electrons. The van der Waals surface area contributed by atoms with Crippen LogP contribution in [-0.2, 0) is 20.9 Å². The Morgan fingerprint density at radius 3 is 1.00 bits per heavy atom. The molecule has 0 radical (unpaired) electrons. The van der Waals surface area contributed by atoms with Crippen molar-refractivity contribution in [1.29, 1.82) is 0 Å². The monoisotopic (exact) mass is 879 g/mol. The fourth-order valence-corrected chi connectivity index (χ4v) is 33.1. The topological polar surface area (TPSA) is 0 Å². The molecule has 0 heterocycles. The van der Waals surface area contributed by atoms with Gasteiger partial charge in [0.1, 0.15) is 0 Å². The van der Waals surface area contributed by atoms with E-state index in [-0.39, 0.29) is 0 Å². The van der Waals surface area contributed by atoms with Gasteiger partial charge in [0, 0.05) is 0 Å². The van der Waals surface area contributed by atoms with E-state index in [2.05, 4.69) is 188 Å². The maximum atomic E-state index is 2.77. The predicted octanol–water partition coefficient (Wildman–Crippen LogP) is 16.9. The number of hydrogen-bond donors (Lipinski definition) is 0. The molecule has 6 aromatic rings. The van der Waals surface area contributed by atoms with Crippen molar-refractivity contribution < 1.29 is 20.9 Å². The van der Waals surface area contributed by atoms with E-state index in [0.29, 0.717) is 7.25 Å². The summed E-state index contributed by atoms with van der Waals surface area (Å²) in [5, 5.41) is 0. The molecule has 0 bridgehead atoms. The molecule has 0 saturated heterocycles. The van der Waals surface area contributed by atoms with E-state index < -0.39 is 26.8 Å². The summed E-state index contributed by atoms with van der Waals surface area (Å²) in [6.45, 7) is 19.1. The minimum absolute atomic E-state index is 0.548. The molecule has 2 heteroatoms. The van der Waals surface area contributed by atoms with Crippen LogP contribution in [0.25, 0.3) is 56.7 Å². The molecule has 0 nitrogen and oxygen atoms in total. The number of unbranched alkanes of at least 4 members (excludes halogenated alkanes) is 4. The Balaban J connectivity index is 1.41. The summed E-state index contributed by atoms with van der Waals surface area (Å²) in [6.07, 6.45) is 15.6. The Morgan fingerprint density at radius 2 is 0.700 bits per heavy atom. The minimum atomic E-state index is -2.58. The van der Waals surface area contributed by atoms with Crippen molar-refractivity contribution in [3.8, 4) is 44.5 Å². The van der Waals surface area contributed by atoms with E-state index in [1.54, 1.807) is 22.3 Å². The van der Waals surface area contributed by atoms with Gasteiger partial charge in [-0.05, 0) is 0 Å². The second kappa shape index (κ2) is 18.9. The standard InChI is InChI=1S/2C28H29.C2H7Si.Zr/c2*1-4-5-6-7-22-18-27-25(23-12-8-20(2)9-13-23)16-17-26(28(27)19-22)24-14-10-21(3)11-15-24;1-3-2;/h2*8-19H,4-7H2,1-3H3;3H,1-2H3;. The molecule has 0 aliphatic heterocycles. The Kier molecular flexibility index (Phi) is 13.4. The number of fused-ring (bicyclic) bond motifs is 2. The van der Waals surface area contributed by atoms with Crippen molar-refractivity contribution in [2.24, 2.45) is 0 Å². The quantitative estimate of drug-likeness (QED) is 0.0712. The molecule has 2 aliphatic carbocycles. The first-order valence-corrected chi connectivity index (χ1v) is 33.0. The van der Waals surface area contributed by atoms with Gasteiger partial charge in [-0.25, -0.2) is 0 Å². The normalized spacial score (nSPS) is 15.6. The Hall–Kier alpha value is -4.10. The van der Waals surface area contributed by atoms with Gasteiger partial charge in [0.15, 0.2) is 0 Å². The number of benzene rings is 6. The summed E-state index contributed by atoms with van der Waals surface area (Å²) in [7, 11) is 0. The zero-order valence-corrected chi connectivity index (χ0v) is 41.2. The van der Waals surface area contributed by atoms with Gasteiger partial charge in [-0.2, -0.15) is 0 Å². The molecule has 2 aliphatic rings. The van der Waals surface area contributed by atoms with Crippen LogP contribution >= 0.6 is 0 Å². The molecule has 0 aromatic heterocycles. The van der Waals surface area contributed by atoms with E-state index in [1.807, 2.05) is 0 Å². The summed E-state index contributed by atoms with van der Waals surface area (Å²) in [6, 6.07) is 47.6. The number of allylic oxidation sites excluding steroid dienone is 2. The predicted molar refractivity (Wildman–Crippen MR) is 262 cm³/mol. The van der Waals surface area contributed by atoms with Crippen LogP contribution < -0.4 is 0 Å². The average molecular weight is 881 g/mol. The fraction of sp³-hybridized carbons (Fsp3) is 0.310. The van der Waals surface area contributed by atoms with Crippen molar-refractivity contribution in [3.63, 3.8) is 0 Å². The molecule has 8 rings (SSSR count). The fourth-order valence-electron chi connectivity index (χ4n) is 10.2. The SMILES string of the molecule is CCCCCC1=Cc2c(-c3ccc(C)cc3)ccc(-c3ccc(C)cc3)c2[CH]1[Zr]([CH]1C(CCCCC)=Cc2c(-c3ccc(C)cc3)ccc(-c3ccc(C)cc3)c21)[SiH](C)C. The van der Waals surface area contributed by atoms with Crippen LogP contribution in [0, 0.1) is 27.7 Å². The van der Waals surface area contributed by atoms with Crippen LogP contribution in [0.4, 0.5) is 0 Å². The van der Waals surface area contributed by atoms with E-state index in [4.69, 9.17) is 0 Å². The molecule has 2 unspecified atom stereocenters. The van der Waals surface area contributed by atoms with Crippen molar-refractivity contribution in [2.75, 3.05) is 0 Å². The van der Waals surface area contributed by atoms with Crippen molar-refractivity contribution in [1.82, 2.24) is 0 Å². The Bertz CT molecular complexity index is 2320. The van der Waals surface area contributed by atoms with E-state index in [0.717, 1.165) is 0 Å². The third-order valence-electron chi connectivity index (χ3n) is 13.5. The zero-order chi connectivity index (χ0) is 41.9. The van der Waals surface area contributed by atoms with E-state index in [9.17, 15) is 0 Å². The average Bonchev–Trinajstić information content (AvgIpc) is 3.81. The first kappa shape index (κ1) is 42.6. The van der Waals surface area contributed by atoms with Gasteiger partial charge >= 0.3 is 374 Å². The summed E-state index contributed by atoms with van der Waals surface area (Å²) in [5.74, 6) is -1.19. The van der Waals surface area contributed by atoms with E-state index in [1.165, 1.54) is 129 Å². The second-order valence-electron chi connectivity index (χ2n) is 18.3. The zero-order valence-electron chi connectivity index (χ0n) is 37.6. The summed E-state index contributed by atoms with van der Waals surface area (Å²) in [4.78, 5) is 0. The Labute approximate surface area is 371 Å². The van der Waals surface area contributed by atoms with Gasteiger partial charge in [0.05, 0.1) is 0 Å². The molecular weight excluding hydrogens is 816 g/mol. The van der Waals surface area contributed by atoms with Gasteiger partial charge in [-0.15, -0.1) is 0 Å². The second-order valence-corrected chi connectivity index (χ2v) is 38.4. The van der Waals surface area contributed by atoms with Gasteiger partial charge in [-0.1, -0.05) is 0 Å². The van der Waals surface area contributed by atoms with Crippen LogP contribution in [0.1, 0.15) is 117 Å². The number of aryl methyl sites for hydroxylation is 4. The molecule has 0 fully saturated rings. The maximum absolute atomic E-state index is 2.77. The first-order valence-electron chi connectivity index (χ1n) is 23.1. The molecule has 2 atom stereocenters. The number of rotatable bonds is 15. The molecule has 0 spiro atoms. The summed E-state index contributed by atoms with van der Waals surface area (Å²) >= 11 is -2.58. The van der Waals surface area contributed by atoms with Gasteiger partial charge < -0.3 is 0 Å². The van der Waals surface area contributed by atoms with Crippen molar-refractivity contribution in [2.45, 2.75) is 113 Å². The molecule has 60 heavy (non-hydrogen) atoms. The third-order valence-corrected chi connectivity index (χ3v) is 35.1. The van der Waals surface area contributed by atoms with Crippen LogP contribution in [-0.4, -0.2) is 5.92 Å². The van der Waals surface area contributed by atoms with Crippen LogP contribution in [0.3, 0.4) is 0 Å². The number of hydrogen-bond acceptors (Lipinski definition) is 0. The molecule has 6 aromatic carbocycles. The van der Waals surface area contributed by atoms with Crippen molar-refractivity contribution >= 4 is 18.1 Å². The van der Waals surface area contributed by atoms with Crippen LogP contribution in [0.15, 0.2) is 132 Å². The van der Waals surface area contributed by atoms with Crippen LogP contribution in [0.5, 0.6) is 0 Å². The molecular formula is C58H65SiZr. The van der Waals surface area contributed by atoms with Crippen molar-refractivity contribution in [3.05, 3.63) is 177 Å². The summed E-state index contributed by atoms with van der Waals surface area (Å²) < 4.78 is 1.10. The van der Waals surface area contributed by atoms with Gasteiger partial charge in [0.25, 0.3) is 0 Å². The first-order chi connectivity index (χ1) is 29.2. The van der Waals surface area contributed by atoms with Gasteiger partial charge in [0.2, 0.25) is 0 Å². The van der Waals surface area contributed by atoms with E-state index >= 15 is 0 Å². The summed E-state index contributed by atoms with van der Waals surface area (Å²) in [5.41, 5.74) is 26.4.